The summed E-state index contributed by atoms with van der Waals surface area (Å²) < 4.78 is 5.45. The summed E-state index contributed by atoms with van der Waals surface area (Å²) >= 11 is 11.6. The van der Waals surface area contributed by atoms with Gasteiger partial charge in [-0.2, -0.15) is 0 Å². The summed E-state index contributed by atoms with van der Waals surface area (Å²) in [6, 6.07) is 12.4. The van der Waals surface area contributed by atoms with Gasteiger partial charge in [-0.1, -0.05) is 24.6 Å². The Morgan fingerprint density at radius 2 is 1.84 bits per heavy atom. The zero-order valence-electron chi connectivity index (χ0n) is 18.2. The molecule has 2 aromatic carbocycles. The van der Waals surface area contributed by atoms with Crippen LogP contribution < -0.4 is 20.3 Å². The van der Waals surface area contributed by atoms with Gasteiger partial charge in [0.15, 0.2) is 5.11 Å². The van der Waals surface area contributed by atoms with E-state index >= 15 is 0 Å². The van der Waals surface area contributed by atoms with Crippen LogP contribution >= 0.6 is 23.8 Å². The minimum atomic E-state index is -0.334. The topological polar surface area (TPSA) is 73.9 Å². The molecule has 1 saturated heterocycles. The van der Waals surface area contributed by atoms with E-state index in [1.807, 2.05) is 30.9 Å². The Kier molecular flexibility index (Phi) is 8.30. The van der Waals surface area contributed by atoms with Crippen molar-refractivity contribution < 1.29 is 14.3 Å². The smallest absolute Gasteiger partial charge is 0.257 e. The van der Waals surface area contributed by atoms with Gasteiger partial charge in [0.1, 0.15) is 5.75 Å². The van der Waals surface area contributed by atoms with Crippen molar-refractivity contribution in [1.29, 1.82) is 0 Å². The van der Waals surface area contributed by atoms with Crippen molar-refractivity contribution in [3.05, 3.63) is 53.1 Å². The maximum absolute atomic E-state index is 12.6. The number of piperazine rings is 1. The molecule has 1 heterocycles. The molecule has 1 aliphatic heterocycles. The lowest BCUT2D eigenvalue weighted by molar-refractivity contribution is -0.131. The number of benzene rings is 2. The molecule has 0 saturated carbocycles. The van der Waals surface area contributed by atoms with Crippen LogP contribution in [0.15, 0.2) is 42.5 Å². The van der Waals surface area contributed by atoms with Crippen molar-refractivity contribution in [1.82, 2.24) is 10.2 Å². The number of ether oxygens (including phenoxy) is 1. The fourth-order valence-corrected chi connectivity index (χ4v) is 3.90. The Balaban J connectivity index is 1.67. The van der Waals surface area contributed by atoms with Gasteiger partial charge in [0.2, 0.25) is 5.91 Å². The van der Waals surface area contributed by atoms with Crippen molar-refractivity contribution in [3.8, 4) is 5.75 Å². The van der Waals surface area contributed by atoms with E-state index in [9.17, 15) is 9.59 Å². The number of anilines is 2. The second-order valence-corrected chi connectivity index (χ2v) is 8.10. The lowest BCUT2D eigenvalue weighted by atomic mass is 10.2. The molecule has 0 aromatic heterocycles. The van der Waals surface area contributed by atoms with Crippen molar-refractivity contribution in [2.24, 2.45) is 0 Å². The van der Waals surface area contributed by atoms with E-state index in [2.05, 4.69) is 15.5 Å². The first-order valence-electron chi connectivity index (χ1n) is 10.6. The minimum Gasteiger partial charge on any atom is -0.494 e. The maximum Gasteiger partial charge on any atom is 0.257 e. The quantitative estimate of drug-likeness (QED) is 0.618. The van der Waals surface area contributed by atoms with E-state index in [0.29, 0.717) is 61.2 Å². The Morgan fingerprint density at radius 1 is 1.09 bits per heavy atom. The molecule has 0 bridgehead atoms. The van der Waals surface area contributed by atoms with E-state index < -0.39 is 0 Å². The molecule has 7 nitrogen and oxygen atoms in total. The summed E-state index contributed by atoms with van der Waals surface area (Å²) in [6.45, 7) is 6.99. The van der Waals surface area contributed by atoms with Crippen LogP contribution in [-0.4, -0.2) is 54.6 Å². The first-order chi connectivity index (χ1) is 15.4. The van der Waals surface area contributed by atoms with Crippen LogP contribution in [0.25, 0.3) is 0 Å². The van der Waals surface area contributed by atoms with Gasteiger partial charge < -0.3 is 19.9 Å². The first kappa shape index (κ1) is 23.8. The van der Waals surface area contributed by atoms with Gasteiger partial charge in [-0.3, -0.25) is 14.9 Å². The van der Waals surface area contributed by atoms with Crippen molar-refractivity contribution in [2.45, 2.75) is 20.3 Å². The fraction of sp³-hybridized carbons (Fsp3) is 0.348. The molecule has 170 valence electrons. The third-order valence-corrected chi connectivity index (χ3v) is 5.56. The van der Waals surface area contributed by atoms with Gasteiger partial charge in [-0.05, 0) is 55.5 Å². The highest BCUT2D eigenvalue weighted by atomic mass is 35.5. The van der Waals surface area contributed by atoms with Crippen LogP contribution in [0.1, 0.15) is 30.6 Å². The highest BCUT2D eigenvalue weighted by molar-refractivity contribution is 7.80. The van der Waals surface area contributed by atoms with Crippen LogP contribution in [0.5, 0.6) is 5.75 Å². The maximum atomic E-state index is 12.6. The SMILES string of the molecule is CCOc1cccc(C(=O)NC(=S)Nc2cc(Cl)ccc2N2CCN(C(=O)CC)CC2)c1. The van der Waals surface area contributed by atoms with Crippen molar-refractivity contribution in [2.75, 3.05) is 43.0 Å². The third-order valence-electron chi connectivity index (χ3n) is 5.12. The lowest BCUT2D eigenvalue weighted by Gasteiger charge is -2.37. The predicted octanol–water partition coefficient (Wildman–Crippen LogP) is 3.92. The van der Waals surface area contributed by atoms with E-state index in [1.165, 1.54) is 0 Å². The van der Waals surface area contributed by atoms with Gasteiger partial charge in [0.05, 0.1) is 18.0 Å². The van der Waals surface area contributed by atoms with Gasteiger partial charge >= 0.3 is 0 Å². The number of carbonyl (C=O) groups excluding carboxylic acids is 2. The Hall–Kier alpha value is -2.84. The molecule has 0 radical (unpaired) electrons. The number of hydrogen-bond donors (Lipinski definition) is 2. The second kappa shape index (κ2) is 11.2. The normalized spacial score (nSPS) is 13.5. The summed E-state index contributed by atoms with van der Waals surface area (Å²) in [7, 11) is 0. The summed E-state index contributed by atoms with van der Waals surface area (Å²) in [5.74, 6) is 0.451. The van der Waals surface area contributed by atoms with Crippen molar-refractivity contribution >= 4 is 52.1 Å². The largest absolute Gasteiger partial charge is 0.494 e. The van der Waals surface area contributed by atoms with Crippen LogP contribution in [0.2, 0.25) is 5.02 Å². The Morgan fingerprint density at radius 3 is 2.53 bits per heavy atom. The highest BCUT2D eigenvalue weighted by Crippen LogP contribution is 2.30. The van der Waals surface area contributed by atoms with Crippen LogP contribution in [-0.2, 0) is 4.79 Å². The van der Waals surface area contributed by atoms with Crippen LogP contribution in [0, 0.1) is 0 Å². The number of amides is 2. The molecular weight excluding hydrogens is 448 g/mol. The standard InChI is InChI=1S/C23H27ClN4O3S/c1-3-21(29)28-12-10-27(11-13-28)20-9-8-17(24)15-19(20)25-23(32)26-22(30)16-6-5-7-18(14-16)31-4-2/h5-9,14-15H,3-4,10-13H2,1-2H3,(H2,25,26,30,32). The molecule has 2 aromatic rings. The zero-order valence-corrected chi connectivity index (χ0v) is 19.8. The molecule has 32 heavy (non-hydrogen) atoms. The number of carbonyl (C=O) groups is 2. The molecule has 2 N–H and O–H groups in total. The number of hydrogen-bond acceptors (Lipinski definition) is 5. The number of nitrogens with one attached hydrogen (secondary N) is 2. The summed E-state index contributed by atoms with van der Waals surface area (Å²) in [6.07, 6.45) is 0.509. The van der Waals surface area contributed by atoms with Crippen LogP contribution in [0.4, 0.5) is 11.4 Å². The monoisotopic (exact) mass is 474 g/mol. The molecule has 2 amide bonds. The van der Waals surface area contributed by atoms with Crippen LogP contribution in [0.3, 0.4) is 0 Å². The number of rotatable bonds is 6. The van der Waals surface area contributed by atoms with Gasteiger partial charge in [-0.25, -0.2) is 0 Å². The lowest BCUT2D eigenvalue weighted by Crippen LogP contribution is -2.48. The summed E-state index contributed by atoms with van der Waals surface area (Å²) in [4.78, 5) is 28.6. The molecule has 0 atom stereocenters. The fourth-order valence-electron chi connectivity index (χ4n) is 3.53. The Bertz CT molecular complexity index is 993. The van der Waals surface area contributed by atoms with E-state index in [1.54, 1.807) is 30.3 Å². The molecule has 0 unspecified atom stereocenters. The van der Waals surface area contributed by atoms with Gasteiger partial charge in [-0.15, -0.1) is 0 Å². The number of thiocarbonyl (C=S) groups is 1. The first-order valence-corrected chi connectivity index (χ1v) is 11.4. The molecule has 9 heteroatoms. The number of nitrogens with zero attached hydrogens (tertiary/aromatic N) is 2. The predicted molar refractivity (Wildman–Crippen MR) is 132 cm³/mol. The molecule has 0 spiro atoms. The van der Waals surface area contributed by atoms with Gasteiger partial charge in [0.25, 0.3) is 5.91 Å². The molecular formula is C23H27ClN4O3S. The molecule has 1 aliphatic rings. The van der Waals surface area contributed by atoms with E-state index in [-0.39, 0.29) is 16.9 Å². The highest BCUT2D eigenvalue weighted by Gasteiger charge is 2.22. The molecule has 3 rings (SSSR count). The van der Waals surface area contributed by atoms with E-state index in [0.717, 1.165) is 5.69 Å². The Labute approximate surface area is 198 Å². The van der Waals surface area contributed by atoms with Crippen molar-refractivity contribution in [3.63, 3.8) is 0 Å². The average molecular weight is 475 g/mol. The van der Waals surface area contributed by atoms with Gasteiger partial charge in [0, 0.05) is 43.2 Å². The molecule has 1 fully saturated rings. The summed E-state index contributed by atoms with van der Waals surface area (Å²) in [5, 5.41) is 6.52. The minimum absolute atomic E-state index is 0.163. The average Bonchev–Trinajstić information content (AvgIpc) is 2.79. The zero-order chi connectivity index (χ0) is 23.1. The number of halogens is 1. The van der Waals surface area contributed by atoms with E-state index in [4.69, 9.17) is 28.6 Å². The second-order valence-electron chi connectivity index (χ2n) is 7.25. The summed E-state index contributed by atoms with van der Waals surface area (Å²) in [5.41, 5.74) is 2.05. The third kappa shape index (κ3) is 6.11. The molecule has 0 aliphatic carbocycles.